The summed E-state index contributed by atoms with van der Waals surface area (Å²) in [4.78, 5) is 4.30. The zero-order chi connectivity index (χ0) is 13.2. The molecule has 0 N–H and O–H groups in total. The van der Waals surface area contributed by atoms with E-state index in [1.54, 1.807) is 0 Å². The molecule has 0 aromatic heterocycles. The maximum absolute atomic E-state index is 4.30. The molecule has 0 aromatic carbocycles. The first-order valence-electron chi connectivity index (χ1n) is 8.10. The van der Waals surface area contributed by atoms with Gasteiger partial charge in [-0.1, -0.05) is 46.0 Å². The van der Waals surface area contributed by atoms with Crippen LogP contribution in [0.25, 0.3) is 0 Å². The molecule has 0 bridgehead atoms. The minimum atomic E-state index is 0.542. The van der Waals surface area contributed by atoms with E-state index in [4.69, 9.17) is 0 Å². The summed E-state index contributed by atoms with van der Waals surface area (Å²) >= 11 is 0. The Morgan fingerprint density at radius 3 is 2.00 bits per heavy atom. The average Bonchev–Trinajstić information content (AvgIpc) is 2.45. The highest BCUT2D eigenvalue weighted by Gasteiger charge is 2.24. The molecule has 1 heteroatoms. The van der Waals surface area contributed by atoms with E-state index in [1.807, 2.05) is 13.8 Å². The Morgan fingerprint density at radius 1 is 0.889 bits per heavy atom. The number of rotatable bonds is 3. The van der Waals surface area contributed by atoms with E-state index in [1.165, 1.54) is 64.2 Å². The van der Waals surface area contributed by atoms with Crippen LogP contribution in [0.3, 0.4) is 0 Å². The lowest BCUT2D eigenvalue weighted by Crippen LogP contribution is -2.20. The second-order valence-corrected chi connectivity index (χ2v) is 5.70. The molecule has 2 aliphatic rings. The normalized spacial score (nSPS) is 28.8. The first-order valence-corrected chi connectivity index (χ1v) is 8.10. The van der Waals surface area contributed by atoms with E-state index in [2.05, 4.69) is 17.4 Å². The standard InChI is InChI=1S/C15H25N.C2H6/c1-2-16-15-10-8-14(9-11-15)12-13-6-4-3-5-7-13;1-2/h13-15H,1,3-12H2;1-2H3. The maximum atomic E-state index is 4.30. The number of nitrogens with zero attached hydrogens (tertiary/aromatic N) is 1. The number of aliphatic imine (C=N–C) groups is 1. The Morgan fingerprint density at radius 2 is 1.44 bits per heavy atom. The fourth-order valence-electron chi connectivity index (χ4n) is 3.53. The molecule has 0 spiro atoms. The minimum Gasteiger partial charge on any atom is -0.240 e. The van der Waals surface area contributed by atoms with Crippen LogP contribution in [0.5, 0.6) is 0 Å². The van der Waals surface area contributed by atoms with E-state index >= 15 is 0 Å². The van der Waals surface area contributed by atoms with Gasteiger partial charge in [-0.15, -0.1) is 0 Å². The van der Waals surface area contributed by atoms with Gasteiger partial charge in [0.05, 0.1) is 6.04 Å². The largest absolute Gasteiger partial charge is 0.240 e. The van der Waals surface area contributed by atoms with Crippen LogP contribution < -0.4 is 0 Å². The smallest absolute Gasteiger partial charge is 0.0593 e. The molecular formula is C17H31N. The van der Waals surface area contributed by atoms with E-state index < -0.39 is 0 Å². The van der Waals surface area contributed by atoms with Crippen molar-refractivity contribution in [3.05, 3.63) is 6.58 Å². The summed E-state index contributed by atoms with van der Waals surface area (Å²) in [5.74, 6) is 4.76. The monoisotopic (exact) mass is 249 g/mol. The van der Waals surface area contributed by atoms with Gasteiger partial charge in [-0.05, 0) is 56.4 Å². The molecule has 18 heavy (non-hydrogen) atoms. The third-order valence-corrected chi connectivity index (χ3v) is 4.48. The van der Waals surface area contributed by atoms with Crippen molar-refractivity contribution < 1.29 is 0 Å². The van der Waals surface area contributed by atoms with Gasteiger partial charge in [0.1, 0.15) is 0 Å². The maximum Gasteiger partial charge on any atom is 0.0593 e. The molecule has 0 radical (unpaired) electrons. The van der Waals surface area contributed by atoms with Gasteiger partial charge >= 0.3 is 0 Å². The minimum absolute atomic E-state index is 0.542. The molecular weight excluding hydrogens is 218 g/mol. The Labute approximate surface area is 114 Å². The van der Waals surface area contributed by atoms with Crippen LogP contribution in [0, 0.1) is 11.8 Å². The molecule has 0 saturated heterocycles. The summed E-state index contributed by atoms with van der Waals surface area (Å²) in [5.41, 5.74) is 0. The first-order chi connectivity index (χ1) is 8.88. The number of hydrogen-bond donors (Lipinski definition) is 0. The van der Waals surface area contributed by atoms with Gasteiger partial charge in [0, 0.05) is 0 Å². The zero-order valence-corrected chi connectivity index (χ0v) is 12.5. The Hall–Kier alpha value is -0.550. The molecule has 2 rings (SSSR count). The summed E-state index contributed by atoms with van der Waals surface area (Å²) in [6, 6.07) is 0.542. The second kappa shape index (κ2) is 9.39. The van der Waals surface area contributed by atoms with Crippen LogP contribution in [-0.4, -0.2) is 11.9 Å². The van der Waals surface area contributed by atoms with Crippen LogP contribution in [0.2, 0.25) is 0 Å². The number of hydrogen-bond acceptors (Lipinski definition) is 1. The third-order valence-electron chi connectivity index (χ3n) is 4.48. The third kappa shape index (κ3) is 5.40. The molecule has 2 fully saturated rings. The molecule has 104 valence electrons. The molecule has 0 aliphatic heterocycles. The molecule has 2 aliphatic carbocycles. The van der Waals surface area contributed by atoms with Crippen molar-refractivity contribution in [3.63, 3.8) is 0 Å². The lowest BCUT2D eigenvalue weighted by Gasteiger charge is -2.30. The summed E-state index contributed by atoms with van der Waals surface area (Å²) in [6.07, 6.45) is 14.3. The van der Waals surface area contributed by atoms with Crippen molar-refractivity contribution in [1.29, 1.82) is 0 Å². The Kier molecular flexibility index (Phi) is 8.09. The van der Waals surface area contributed by atoms with Crippen LogP contribution in [0.15, 0.2) is 11.6 Å². The fourth-order valence-corrected chi connectivity index (χ4v) is 3.53. The van der Waals surface area contributed by atoms with Crippen LogP contribution in [0.4, 0.5) is 0 Å². The second-order valence-electron chi connectivity index (χ2n) is 5.70. The zero-order valence-electron chi connectivity index (χ0n) is 12.5. The van der Waals surface area contributed by atoms with Crippen molar-refractivity contribution in [2.24, 2.45) is 16.8 Å². The highest BCUT2D eigenvalue weighted by atomic mass is 14.8. The van der Waals surface area contributed by atoms with Crippen molar-refractivity contribution in [1.82, 2.24) is 0 Å². The lowest BCUT2D eigenvalue weighted by atomic mass is 9.77. The van der Waals surface area contributed by atoms with Gasteiger partial charge in [-0.2, -0.15) is 0 Å². The van der Waals surface area contributed by atoms with Gasteiger partial charge in [0.2, 0.25) is 0 Å². The summed E-state index contributed by atoms with van der Waals surface area (Å²) < 4.78 is 0. The Bertz CT molecular complexity index is 238. The van der Waals surface area contributed by atoms with Gasteiger partial charge in [0.25, 0.3) is 0 Å². The molecule has 0 unspecified atom stereocenters. The topological polar surface area (TPSA) is 12.4 Å². The molecule has 0 aromatic rings. The van der Waals surface area contributed by atoms with Crippen LogP contribution in [-0.2, 0) is 0 Å². The molecule has 1 nitrogen and oxygen atoms in total. The van der Waals surface area contributed by atoms with E-state index in [-0.39, 0.29) is 0 Å². The molecule has 0 heterocycles. The van der Waals surface area contributed by atoms with Crippen LogP contribution >= 0.6 is 0 Å². The highest BCUT2D eigenvalue weighted by Crippen LogP contribution is 2.35. The predicted molar refractivity (Wildman–Crippen MR) is 81.3 cm³/mol. The van der Waals surface area contributed by atoms with Crippen molar-refractivity contribution in [3.8, 4) is 0 Å². The van der Waals surface area contributed by atoms with Gasteiger partial charge in [0.15, 0.2) is 0 Å². The van der Waals surface area contributed by atoms with E-state index in [0.717, 1.165) is 11.8 Å². The van der Waals surface area contributed by atoms with E-state index in [0.29, 0.717) is 6.04 Å². The fraction of sp³-hybridized carbons (Fsp3) is 0.882. The van der Waals surface area contributed by atoms with Crippen molar-refractivity contribution in [2.75, 3.05) is 0 Å². The van der Waals surface area contributed by atoms with Gasteiger partial charge in [-0.25, -0.2) is 4.99 Å². The van der Waals surface area contributed by atoms with Crippen molar-refractivity contribution in [2.45, 2.75) is 84.1 Å². The van der Waals surface area contributed by atoms with E-state index in [9.17, 15) is 0 Å². The highest BCUT2D eigenvalue weighted by molar-refractivity contribution is 5.46. The summed E-state index contributed by atoms with van der Waals surface area (Å²) in [7, 11) is 0. The van der Waals surface area contributed by atoms with Crippen molar-refractivity contribution >= 4 is 5.87 Å². The quantitative estimate of drug-likeness (QED) is 0.594. The van der Waals surface area contributed by atoms with Gasteiger partial charge in [-0.3, -0.25) is 0 Å². The van der Waals surface area contributed by atoms with Crippen LogP contribution in [0.1, 0.15) is 78.1 Å². The lowest BCUT2D eigenvalue weighted by molar-refractivity contribution is 0.235. The first kappa shape index (κ1) is 15.5. The molecule has 0 amide bonds. The average molecular weight is 249 g/mol. The van der Waals surface area contributed by atoms with Gasteiger partial charge < -0.3 is 0 Å². The summed E-state index contributed by atoms with van der Waals surface area (Å²) in [6.45, 7) is 7.58. The predicted octanol–water partition coefficient (Wildman–Crippen LogP) is 5.40. The Balaban J connectivity index is 0.000000771. The molecule has 0 atom stereocenters. The summed E-state index contributed by atoms with van der Waals surface area (Å²) in [5, 5.41) is 0. The SMILES string of the molecule is C=C=NC1CCC(CC2CCCCC2)CC1.CC. The molecule has 2 saturated carbocycles.